The molecule has 0 fully saturated rings. The molecule has 1 atom stereocenters. The van der Waals surface area contributed by atoms with E-state index in [-0.39, 0.29) is 11.7 Å². The fraction of sp³-hybridized carbons (Fsp3) is 0.125. The summed E-state index contributed by atoms with van der Waals surface area (Å²) >= 11 is 5.67. The number of alkyl halides is 1. The Morgan fingerprint density at radius 1 is 0.950 bits per heavy atom. The molecule has 3 nitrogen and oxygen atoms in total. The van der Waals surface area contributed by atoms with E-state index < -0.39 is 5.38 Å². The lowest BCUT2D eigenvalue weighted by atomic mass is 10.0. The molecule has 0 heterocycles. The summed E-state index contributed by atoms with van der Waals surface area (Å²) in [4.78, 5) is 23.6. The van der Waals surface area contributed by atoms with Gasteiger partial charge >= 0.3 is 0 Å². The summed E-state index contributed by atoms with van der Waals surface area (Å²) in [5.74, 6) is -0.317. The van der Waals surface area contributed by atoms with Crippen molar-refractivity contribution >= 4 is 29.0 Å². The largest absolute Gasteiger partial charge is 0.325 e. The molecule has 0 spiro atoms. The van der Waals surface area contributed by atoms with Crippen LogP contribution in [-0.4, -0.2) is 17.1 Å². The normalized spacial score (nSPS) is 11.7. The van der Waals surface area contributed by atoms with Crippen LogP contribution in [0.4, 0.5) is 5.69 Å². The van der Waals surface area contributed by atoms with Gasteiger partial charge in [-0.3, -0.25) is 9.59 Å². The molecule has 0 saturated heterocycles. The summed E-state index contributed by atoms with van der Waals surface area (Å²) in [7, 11) is 0. The van der Waals surface area contributed by atoms with Crippen molar-refractivity contribution < 1.29 is 9.59 Å². The maximum absolute atomic E-state index is 12.2. The van der Waals surface area contributed by atoms with Gasteiger partial charge in [-0.2, -0.15) is 0 Å². The van der Waals surface area contributed by atoms with Crippen molar-refractivity contribution in [3.63, 3.8) is 0 Å². The highest BCUT2D eigenvalue weighted by atomic mass is 35.5. The minimum Gasteiger partial charge on any atom is -0.325 e. The maximum Gasteiger partial charge on any atom is 0.242 e. The Hall–Kier alpha value is -2.13. The van der Waals surface area contributed by atoms with Gasteiger partial charge in [0.05, 0.1) is 0 Å². The smallest absolute Gasteiger partial charge is 0.242 e. The summed E-state index contributed by atoms with van der Waals surface area (Å²) in [6.07, 6.45) is 0. The third kappa shape index (κ3) is 3.45. The third-order valence-electron chi connectivity index (χ3n) is 2.81. The minimum absolute atomic E-state index is 0.0470. The van der Waals surface area contributed by atoms with Crippen LogP contribution in [-0.2, 0) is 4.79 Å². The lowest BCUT2D eigenvalue weighted by molar-refractivity contribution is -0.115. The second kappa shape index (κ2) is 6.35. The summed E-state index contributed by atoms with van der Waals surface area (Å²) in [5.41, 5.74) is 1.83. The predicted octanol–water partition coefficient (Wildman–Crippen LogP) is 3.48. The number of nitrogens with one attached hydrogen (secondary N) is 1. The maximum atomic E-state index is 12.2. The summed E-state index contributed by atoms with van der Waals surface area (Å²) in [6.45, 7) is 1.60. The van der Waals surface area contributed by atoms with Gasteiger partial charge in [-0.25, -0.2) is 0 Å². The summed E-state index contributed by atoms with van der Waals surface area (Å²) in [5, 5.41) is 2.07. The molecule has 0 saturated carbocycles. The molecule has 0 aromatic heterocycles. The Morgan fingerprint density at radius 3 is 2.05 bits per heavy atom. The number of hydrogen-bond donors (Lipinski definition) is 1. The fourth-order valence-electron chi connectivity index (χ4n) is 1.70. The van der Waals surface area contributed by atoms with Gasteiger partial charge in [0.25, 0.3) is 0 Å². The molecule has 0 aliphatic heterocycles. The number of carbonyl (C=O) groups excluding carboxylic acids is 2. The molecule has 2 aromatic carbocycles. The lowest BCUT2D eigenvalue weighted by Crippen LogP contribution is -2.20. The molecule has 2 aromatic rings. The van der Waals surface area contributed by atoms with Gasteiger partial charge in [0, 0.05) is 16.8 Å². The van der Waals surface area contributed by atoms with Crippen LogP contribution in [0.25, 0.3) is 0 Å². The second-order valence-corrected chi connectivity index (χ2v) is 5.03. The van der Waals surface area contributed by atoms with Crippen molar-refractivity contribution in [1.29, 1.82) is 0 Å². The Labute approximate surface area is 122 Å². The zero-order chi connectivity index (χ0) is 14.5. The molecule has 0 radical (unpaired) electrons. The number of ketones is 1. The molecule has 0 unspecified atom stereocenters. The molecular weight excluding hydrogens is 274 g/mol. The van der Waals surface area contributed by atoms with Crippen LogP contribution in [0.2, 0.25) is 0 Å². The van der Waals surface area contributed by atoms with Crippen LogP contribution < -0.4 is 5.32 Å². The topological polar surface area (TPSA) is 46.2 Å². The van der Waals surface area contributed by atoms with Crippen molar-refractivity contribution in [1.82, 2.24) is 0 Å². The van der Waals surface area contributed by atoms with E-state index in [1.807, 2.05) is 18.2 Å². The average Bonchev–Trinajstić information content (AvgIpc) is 2.48. The first-order chi connectivity index (χ1) is 9.58. The van der Waals surface area contributed by atoms with E-state index in [9.17, 15) is 9.59 Å². The molecular formula is C16H14ClNO2. The molecule has 20 heavy (non-hydrogen) atoms. The number of benzene rings is 2. The number of hydrogen-bond acceptors (Lipinski definition) is 2. The van der Waals surface area contributed by atoms with Crippen molar-refractivity contribution in [2.75, 3.05) is 5.32 Å². The molecule has 1 amide bonds. The highest BCUT2D eigenvalue weighted by Gasteiger charge is 2.11. The Balaban J connectivity index is 2.12. The first kappa shape index (κ1) is 14.3. The Morgan fingerprint density at radius 2 is 1.50 bits per heavy atom. The van der Waals surface area contributed by atoms with Gasteiger partial charge < -0.3 is 5.32 Å². The van der Waals surface area contributed by atoms with E-state index in [1.165, 1.54) is 0 Å². The van der Waals surface area contributed by atoms with Crippen LogP contribution in [0.15, 0.2) is 54.6 Å². The molecule has 102 valence electrons. The Kier molecular flexibility index (Phi) is 4.53. The van der Waals surface area contributed by atoms with Crippen LogP contribution >= 0.6 is 11.6 Å². The van der Waals surface area contributed by atoms with Crippen LogP contribution in [0.5, 0.6) is 0 Å². The first-order valence-electron chi connectivity index (χ1n) is 6.22. The average molecular weight is 288 g/mol. The number of carbonyl (C=O) groups is 2. The number of rotatable bonds is 4. The van der Waals surface area contributed by atoms with Crippen molar-refractivity contribution in [3.05, 3.63) is 65.7 Å². The van der Waals surface area contributed by atoms with E-state index in [0.717, 1.165) is 0 Å². The van der Waals surface area contributed by atoms with E-state index in [0.29, 0.717) is 16.8 Å². The van der Waals surface area contributed by atoms with E-state index >= 15 is 0 Å². The van der Waals surface area contributed by atoms with E-state index in [4.69, 9.17) is 11.6 Å². The number of halogens is 1. The summed E-state index contributed by atoms with van der Waals surface area (Å²) in [6, 6.07) is 15.8. The third-order valence-corrected chi connectivity index (χ3v) is 3.01. The van der Waals surface area contributed by atoms with Gasteiger partial charge in [-0.05, 0) is 31.2 Å². The second-order valence-electron chi connectivity index (χ2n) is 4.38. The molecule has 0 aliphatic rings. The summed E-state index contributed by atoms with van der Waals surface area (Å²) < 4.78 is 0. The van der Waals surface area contributed by atoms with Crippen LogP contribution in [0, 0.1) is 0 Å². The first-order valence-corrected chi connectivity index (χ1v) is 6.66. The van der Waals surface area contributed by atoms with Gasteiger partial charge in [-0.1, -0.05) is 30.3 Å². The van der Waals surface area contributed by atoms with Gasteiger partial charge in [-0.15, -0.1) is 11.6 Å². The Bertz CT molecular complexity index is 606. The monoisotopic (exact) mass is 287 g/mol. The van der Waals surface area contributed by atoms with Crippen molar-refractivity contribution in [2.45, 2.75) is 12.3 Å². The SMILES string of the molecule is C[C@@H](Cl)C(=O)Nc1ccc(C(=O)c2ccccc2)cc1. The van der Waals surface area contributed by atoms with E-state index in [2.05, 4.69) is 5.32 Å². The van der Waals surface area contributed by atoms with Crippen molar-refractivity contribution in [3.8, 4) is 0 Å². The molecule has 0 bridgehead atoms. The van der Waals surface area contributed by atoms with Crippen LogP contribution in [0.1, 0.15) is 22.8 Å². The highest BCUT2D eigenvalue weighted by Crippen LogP contribution is 2.14. The molecule has 0 aliphatic carbocycles. The fourth-order valence-corrected chi connectivity index (χ4v) is 1.76. The van der Waals surface area contributed by atoms with Gasteiger partial charge in [0.15, 0.2) is 5.78 Å². The standard InChI is InChI=1S/C16H14ClNO2/c1-11(17)16(20)18-14-9-7-13(8-10-14)15(19)12-5-3-2-4-6-12/h2-11H,1H3,(H,18,20)/t11-/m1/s1. The minimum atomic E-state index is -0.597. The lowest BCUT2D eigenvalue weighted by Gasteiger charge is -2.07. The number of amides is 1. The zero-order valence-corrected chi connectivity index (χ0v) is 11.7. The quantitative estimate of drug-likeness (QED) is 0.691. The molecule has 1 N–H and O–H groups in total. The molecule has 2 rings (SSSR count). The zero-order valence-electron chi connectivity index (χ0n) is 11.0. The van der Waals surface area contributed by atoms with E-state index in [1.54, 1.807) is 43.3 Å². The van der Waals surface area contributed by atoms with Gasteiger partial charge in [0.1, 0.15) is 5.38 Å². The number of anilines is 1. The predicted molar refractivity (Wildman–Crippen MR) is 80.3 cm³/mol. The van der Waals surface area contributed by atoms with Gasteiger partial charge in [0.2, 0.25) is 5.91 Å². The van der Waals surface area contributed by atoms with Crippen molar-refractivity contribution in [2.24, 2.45) is 0 Å². The highest BCUT2D eigenvalue weighted by molar-refractivity contribution is 6.32. The molecule has 4 heteroatoms. The van der Waals surface area contributed by atoms with Crippen LogP contribution in [0.3, 0.4) is 0 Å².